The van der Waals surface area contributed by atoms with E-state index in [1.165, 1.54) is 0 Å². The van der Waals surface area contributed by atoms with Gasteiger partial charge in [0, 0.05) is 19.0 Å². The topological polar surface area (TPSA) is 49.8 Å². The van der Waals surface area contributed by atoms with Gasteiger partial charge in [-0.05, 0) is 29.5 Å². The first-order valence-electron chi connectivity index (χ1n) is 10.5. The summed E-state index contributed by atoms with van der Waals surface area (Å²) in [6, 6.07) is 29.0. The van der Waals surface area contributed by atoms with Crippen LogP contribution >= 0.6 is 0 Å². The minimum atomic E-state index is -1.17. The van der Waals surface area contributed by atoms with Crippen molar-refractivity contribution >= 4 is 6.09 Å². The summed E-state index contributed by atoms with van der Waals surface area (Å²) in [6.07, 6.45) is 1.87. The number of benzene rings is 3. The number of hydrogen-bond donors (Lipinski definition) is 1. The van der Waals surface area contributed by atoms with Crippen LogP contribution < -0.4 is 0 Å². The van der Waals surface area contributed by atoms with Crippen molar-refractivity contribution in [1.82, 2.24) is 4.90 Å². The second-order valence-corrected chi connectivity index (χ2v) is 7.83. The van der Waals surface area contributed by atoms with Crippen molar-refractivity contribution < 1.29 is 14.6 Å². The first-order valence-corrected chi connectivity index (χ1v) is 10.5. The Labute approximate surface area is 177 Å². The van der Waals surface area contributed by atoms with Gasteiger partial charge in [0.1, 0.15) is 12.2 Å². The van der Waals surface area contributed by atoms with Crippen LogP contribution in [0.25, 0.3) is 0 Å². The Balaban J connectivity index is 1.53. The molecule has 1 heterocycles. The van der Waals surface area contributed by atoms with Crippen molar-refractivity contribution in [3.63, 3.8) is 0 Å². The lowest BCUT2D eigenvalue weighted by molar-refractivity contribution is 0.0356. The lowest BCUT2D eigenvalue weighted by Gasteiger charge is -2.35. The predicted molar refractivity (Wildman–Crippen MR) is 117 cm³/mol. The van der Waals surface area contributed by atoms with Crippen molar-refractivity contribution in [1.29, 1.82) is 0 Å². The third kappa shape index (κ3) is 4.39. The number of hydrogen-bond acceptors (Lipinski definition) is 3. The van der Waals surface area contributed by atoms with E-state index in [4.69, 9.17) is 4.74 Å². The SMILES string of the molecule is O=C(OCc1ccccc1)N1CCC[C@H]1CC(O)(c1ccccc1)c1ccccc1. The van der Waals surface area contributed by atoms with Crippen LogP contribution in [0.5, 0.6) is 0 Å². The summed E-state index contributed by atoms with van der Waals surface area (Å²) in [5, 5.41) is 11.8. The molecule has 0 radical (unpaired) electrons. The Morgan fingerprint density at radius 2 is 1.43 bits per heavy atom. The molecule has 4 nitrogen and oxygen atoms in total. The van der Waals surface area contributed by atoms with Gasteiger partial charge in [0.05, 0.1) is 0 Å². The summed E-state index contributed by atoms with van der Waals surface area (Å²) in [5.41, 5.74) is 1.46. The van der Waals surface area contributed by atoms with Crippen LogP contribution in [0.15, 0.2) is 91.0 Å². The fourth-order valence-electron chi connectivity index (χ4n) is 4.26. The minimum Gasteiger partial charge on any atom is -0.445 e. The van der Waals surface area contributed by atoms with E-state index < -0.39 is 5.60 Å². The number of rotatable bonds is 6. The van der Waals surface area contributed by atoms with Gasteiger partial charge in [-0.15, -0.1) is 0 Å². The molecule has 0 bridgehead atoms. The number of aliphatic hydroxyl groups is 1. The highest BCUT2D eigenvalue weighted by molar-refractivity contribution is 5.68. The maximum Gasteiger partial charge on any atom is 0.410 e. The van der Waals surface area contributed by atoms with E-state index in [1.807, 2.05) is 91.0 Å². The molecule has 154 valence electrons. The summed E-state index contributed by atoms with van der Waals surface area (Å²) in [5.74, 6) is 0. The Bertz CT molecular complexity index is 904. The molecule has 1 aliphatic heterocycles. The molecule has 1 fully saturated rings. The average molecular weight is 402 g/mol. The molecular weight excluding hydrogens is 374 g/mol. The molecule has 0 unspecified atom stereocenters. The molecule has 3 aromatic rings. The lowest BCUT2D eigenvalue weighted by Crippen LogP contribution is -2.41. The monoisotopic (exact) mass is 401 g/mol. The molecule has 0 aromatic heterocycles. The van der Waals surface area contributed by atoms with Crippen molar-refractivity contribution in [2.75, 3.05) is 6.54 Å². The normalized spacial score (nSPS) is 16.4. The van der Waals surface area contributed by atoms with Gasteiger partial charge < -0.3 is 14.7 Å². The Hall–Kier alpha value is -3.11. The van der Waals surface area contributed by atoms with Crippen molar-refractivity contribution in [2.45, 2.75) is 37.5 Å². The van der Waals surface area contributed by atoms with Crippen LogP contribution in [0.1, 0.15) is 36.0 Å². The number of carbonyl (C=O) groups excluding carboxylic acids is 1. The molecule has 0 saturated carbocycles. The van der Waals surface area contributed by atoms with E-state index in [-0.39, 0.29) is 18.7 Å². The van der Waals surface area contributed by atoms with Gasteiger partial charge in [-0.25, -0.2) is 4.79 Å². The number of likely N-dealkylation sites (tertiary alicyclic amines) is 1. The first-order chi connectivity index (χ1) is 14.7. The zero-order valence-corrected chi connectivity index (χ0v) is 17.0. The van der Waals surface area contributed by atoms with Crippen molar-refractivity contribution in [2.24, 2.45) is 0 Å². The summed E-state index contributed by atoms with van der Waals surface area (Å²) < 4.78 is 5.57. The maximum absolute atomic E-state index is 12.8. The summed E-state index contributed by atoms with van der Waals surface area (Å²) in [7, 11) is 0. The third-order valence-corrected chi connectivity index (χ3v) is 5.85. The van der Waals surface area contributed by atoms with E-state index in [0.29, 0.717) is 13.0 Å². The Morgan fingerprint density at radius 1 is 0.900 bits per heavy atom. The van der Waals surface area contributed by atoms with Crippen molar-refractivity contribution in [3.8, 4) is 0 Å². The molecule has 1 saturated heterocycles. The van der Waals surface area contributed by atoms with Crippen LogP contribution in [0.3, 0.4) is 0 Å². The van der Waals surface area contributed by atoms with Gasteiger partial charge in [-0.1, -0.05) is 91.0 Å². The summed E-state index contributed by atoms with van der Waals surface area (Å²) >= 11 is 0. The van der Waals surface area contributed by atoms with E-state index in [0.717, 1.165) is 29.5 Å². The van der Waals surface area contributed by atoms with Crippen LogP contribution in [-0.2, 0) is 16.9 Å². The van der Waals surface area contributed by atoms with Crippen LogP contribution in [-0.4, -0.2) is 28.7 Å². The molecule has 1 atom stereocenters. The average Bonchev–Trinajstić information content (AvgIpc) is 3.27. The van der Waals surface area contributed by atoms with Crippen LogP contribution in [0.2, 0.25) is 0 Å². The largest absolute Gasteiger partial charge is 0.445 e. The van der Waals surface area contributed by atoms with Crippen molar-refractivity contribution in [3.05, 3.63) is 108 Å². The van der Waals surface area contributed by atoms with E-state index >= 15 is 0 Å². The molecule has 1 amide bonds. The highest BCUT2D eigenvalue weighted by Gasteiger charge is 2.39. The highest BCUT2D eigenvalue weighted by Crippen LogP contribution is 2.37. The Kier molecular flexibility index (Phi) is 6.15. The third-order valence-electron chi connectivity index (χ3n) is 5.85. The highest BCUT2D eigenvalue weighted by atomic mass is 16.6. The van der Waals surface area contributed by atoms with Gasteiger partial charge in [0.25, 0.3) is 0 Å². The van der Waals surface area contributed by atoms with E-state index in [2.05, 4.69) is 0 Å². The standard InChI is InChI=1S/C26H27NO3/c28-25(30-20-21-11-4-1-5-12-21)27-18-10-17-24(27)19-26(29,22-13-6-2-7-14-22)23-15-8-3-9-16-23/h1-9,11-16,24,29H,10,17-20H2/t24-/m0/s1. The molecule has 3 aromatic carbocycles. The number of carbonyl (C=O) groups is 1. The van der Waals surface area contributed by atoms with Gasteiger partial charge in [0.2, 0.25) is 0 Å². The second kappa shape index (κ2) is 9.14. The summed E-state index contributed by atoms with van der Waals surface area (Å²) in [4.78, 5) is 14.6. The molecule has 4 heteroatoms. The predicted octanol–water partition coefficient (Wildman–Crippen LogP) is 5.11. The maximum atomic E-state index is 12.8. The molecular formula is C26H27NO3. The molecule has 1 aliphatic rings. The quantitative estimate of drug-likeness (QED) is 0.624. The van der Waals surface area contributed by atoms with Gasteiger partial charge in [-0.3, -0.25) is 0 Å². The summed E-state index contributed by atoms with van der Waals surface area (Å²) in [6.45, 7) is 0.905. The van der Waals surface area contributed by atoms with Gasteiger partial charge >= 0.3 is 6.09 Å². The molecule has 0 aliphatic carbocycles. The molecule has 4 rings (SSSR count). The van der Waals surface area contributed by atoms with Gasteiger partial charge in [-0.2, -0.15) is 0 Å². The zero-order valence-electron chi connectivity index (χ0n) is 17.0. The molecule has 1 N–H and O–H groups in total. The van der Waals surface area contributed by atoms with Crippen LogP contribution in [0.4, 0.5) is 4.79 Å². The zero-order chi connectivity index (χ0) is 20.8. The number of amides is 1. The number of nitrogens with zero attached hydrogens (tertiary/aromatic N) is 1. The van der Waals surface area contributed by atoms with E-state index in [1.54, 1.807) is 4.90 Å². The second-order valence-electron chi connectivity index (χ2n) is 7.83. The minimum absolute atomic E-state index is 0.0846. The van der Waals surface area contributed by atoms with Gasteiger partial charge in [0.15, 0.2) is 0 Å². The fraction of sp³-hybridized carbons (Fsp3) is 0.269. The number of ether oxygens (including phenoxy) is 1. The lowest BCUT2D eigenvalue weighted by atomic mass is 9.81. The first kappa shape index (κ1) is 20.2. The molecule has 30 heavy (non-hydrogen) atoms. The Morgan fingerprint density at radius 3 is 2.00 bits per heavy atom. The van der Waals surface area contributed by atoms with Crippen LogP contribution in [0, 0.1) is 0 Å². The van der Waals surface area contributed by atoms with E-state index in [9.17, 15) is 9.90 Å². The smallest absolute Gasteiger partial charge is 0.410 e. The molecule has 0 spiro atoms. The fourth-order valence-corrected chi connectivity index (χ4v) is 4.26.